The number of nitro groups is 1. The molecule has 162 valence electrons. The van der Waals surface area contributed by atoms with E-state index in [1.807, 2.05) is 0 Å². The number of carbonyl (C=O) groups is 1. The highest BCUT2D eigenvalue weighted by molar-refractivity contribution is 7.92. The van der Waals surface area contributed by atoms with Gasteiger partial charge in [-0.25, -0.2) is 8.42 Å². The minimum Gasteiger partial charge on any atom is -0.495 e. The molecule has 11 heteroatoms. The van der Waals surface area contributed by atoms with E-state index in [4.69, 9.17) is 9.47 Å². The molecular weight excluding hydrogens is 414 g/mol. The van der Waals surface area contributed by atoms with Gasteiger partial charge >= 0.3 is 0 Å². The minimum atomic E-state index is -3.39. The summed E-state index contributed by atoms with van der Waals surface area (Å²) in [6.45, 7) is 1.75. The molecule has 0 fully saturated rings. The number of hydrogen-bond donors (Lipinski definition) is 1. The van der Waals surface area contributed by atoms with Crippen LogP contribution >= 0.6 is 0 Å². The van der Waals surface area contributed by atoms with Crippen molar-refractivity contribution in [2.75, 3.05) is 30.0 Å². The van der Waals surface area contributed by atoms with Crippen LogP contribution < -0.4 is 19.1 Å². The van der Waals surface area contributed by atoms with E-state index in [1.54, 1.807) is 31.2 Å². The summed E-state index contributed by atoms with van der Waals surface area (Å²) < 4.78 is 35.2. The van der Waals surface area contributed by atoms with Gasteiger partial charge in [0.05, 0.1) is 29.7 Å². The largest absolute Gasteiger partial charge is 0.495 e. The van der Waals surface area contributed by atoms with Gasteiger partial charge in [0, 0.05) is 19.2 Å². The standard InChI is InChI=1S/C19H23N3O7S/c1-5-17(29-15-9-6-13(7-10-15)21(2)30(4,26)27)19(23)20-16-12-14(22(24)25)8-11-18(16)28-3/h6-12,17H,5H2,1-4H3,(H,20,23)/t17-/m0/s1. The Morgan fingerprint density at radius 1 is 1.23 bits per heavy atom. The Bertz CT molecular complexity index is 1020. The lowest BCUT2D eigenvalue weighted by Gasteiger charge is -2.20. The maximum absolute atomic E-state index is 12.7. The first-order chi connectivity index (χ1) is 14.1. The number of carbonyl (C=O) groups excluding carboxylic acids is 1. The molecule has 0 unspecified atom stereocenters. The number of nitrogens with zero attached hydrogens (tertiary/aromatic N) is 2. The lowest BCUT2D eigenvalue weighted by atomic mass is 10.2. The number of hydrogen-bond acceptors (Lipinski definition) is 7. The van der Waals surface area contributed by atoms with Gasteiger partial charge in [0.15, 0.2) is 6.10 Å². The molecule has 2 rings (SSSR count). The van der Waals surface area contributed by atoms with Crippen molar-refractivity contribution in [2.45, 2.75) is 19.4 Å². The zero-order chi connectivity index (χ0) is 22.5. The molecule has 10 nitrogen and oxygen atoms in total. The van der Waals surface area contributed by atoms with Crippen LogP contribution in [0, 0.1) is 10.1 Å². The van der Waals surface area contributed by atoms with Crippen molar-refractivity contribution in [2.24, 2.45) is 0 Å². The molecule has 0 heterocycles. The van der Waals surface area contributed by atoms with E-state index in [2.05, 4.69) is 5.32 Å². The number of ether oxygens (including phenoxy) is 2. The number of nitrogens with one attached hydrogen (secondary N) is 1. The Labute approximate surface area is 174 Å². The summed E-state index contributed by atoms with van der Waals surface area (Å²) in [7, 11) is -0.573. The zero-order valence-corrected chi connectivity index (χ0v) is 17.8. The van der Waals surface area contributed by atoms with Crippen LogP contribution in [0.1, 0.15) is 13.3 Å². The van der Waals surface area contributed by atoms with Crippen molar-refractivity contribution < 1.29 is 27.6 Å². The molecule has 0 bridgehead atoms. The predicted octanol–water partition coefficient (Wildman–Crippen LogP) is 2.80. The minimum absolute atomic E-state index is 0.156. The van der Waals surface area contributed by atoms with Crippen LogP contribution in [0.25, 0.3) is 0 Å². The second-order valence-corrected chi connectivity index (χ2v) is 8.38. The molecule has 1 amide bonds. The number of anilines is 2. The maximum atomic E-state index is 12.7. The fraction of sp³-hybridized carbons (Fsp3) is 0.316. The van der Waals surface area contributed by atoms with E-state index in [9.17, 15) is 23.3 Å². The summed E-state index contributed by atoms with van der Waals surface area (Å²) in [6, 6.07) is 10.1. The van der Waals surface area contributed by atoms with Crippen LogP contribution in [0.15, 0.2) is 42.5 Å². The fourth-order valence-corrected chi connectivity index (χ4v) is 3.04. The van der Waals surface area contributed by atoms with Gasteiger partial charge < -0.3 is 14.8 Å². The molecule has 0 saturated carbocycles. The van der Waals surface area contributed by atoms with E-state index in [0.29, 0.717) is 17.9 Å². The third-order valence-electron chi connectivity index (χ3n) is 4.29. The highest BCUT2D eigenvalue weighted by Crippen LogP contribution is 2.29. The Balaban J connectivity index is 2.16. The summed E-state index contributed by atoms with van der Waals surface area (Å²) in [5.41, 5.74) is 0.415. The smallest absolute Gasteiger partial charge is 0.271 e. The highest BCUT2D eigenvalue weighted by Gasteiger charge is 2.22. The highest BCUT2D eigenvalue weighted by atomic mass is 32.2. The normalized spacial score (nSPS) is 12.0. The maximum Gasteiger partial charge on any atom is 0.271 e. The first-order valence-electron chi connectivity index (χ1n) is 8.90. The fourth-order valence-electron chi connectivity index (χ4n) is 2.53. The molecule has 0 aliphatic heterocycles. The number of nitro benzene ring substituents is 1. The lowest BCUT2D eigenvalue weighted by Crippen LogP contribution is -2.32. The molecule has 0 saturated heterocycles. The van der Waals surface area contributed by atoms with Crippen LogP contribution in [0.5, 0.6) is 11.5 Å². The topological polar surface area (TPSA) is 128 Å². The Morgan fingerprint density at radius 3 is 2.37 bits per heavy atom. The molecule has 1 N–H and O–H groups in total. The van der Waals surface area contributed by atoms with Gasteiger partial charge in [0.1, 0.15) is 11.5 Å². The monoisotopic (exact) mass is 437 g/mol. The number of benzene rings is 2. The number of rotatable bonds is 9. The van der Waals surface area contributed by atoms with Gasteiger partial charge in [-0.15, -0.1) is 0 Å². The summed E-state index contributed by atoms with van der Waals surface area (Å²) in [5.74, 6) is 0.138. The van der Waals surface area contributed by atoms with Crippen molar-refractivity contribution in [1.29, 1.82) is 0 Å². The Kier molecular flexibility index (Phi) is 7.22. The Hall–Kier alpha value is -3.34. The summed E-state index contributed by atoms with van der Waals surface area (Å²) in [4.78, 5) is 23.1. The molecular formula is C19H23N3O7S. The third kappa shape index (κ3) is 5.60. The lowest BCUT2D eigenvalue weighted by molar-refractivity contribution is -0.384. The second-order valence-electron chi connectivity index (χ2n) is 6.37. The van der Waals surface area contributed by atoms with E-state index in [0.717, 1.165) is 10.6 Å². The van der Waals surface area contributed by atoms with Gasteiger partial charge in [-0.05, 0) is 36.8 Å². The predicted molar refractivity (Wildman–Crippen MR) is 113 cm³/mol. The van der Waals surface area contributed by atoms with Crippen LogP contribution in [0.2, 0.25) is 0 Å². The summed E-state index contributed by atoms with van der Waals surface area (Å²) >= 11 is 0. The third-order valence-corrected chi connectivity index (χ3v) is 5.50. The van der Waals surface area contributed by atoms with E-state index in [-0.39, 0.29) is 17.1 Å². The van der Waals surface area contributed by atoms with Gasteiger partial charge in [-0.1, -0.05) is 6.92 Å². The Morgan fingerprint density at radius 2 is 1.87 bits per heavy atom. The van der Waals surface area contributed by atoms with Crippen LogP contribution in [-0.4, -0.2) is 45.8 Å². The molecule has 0 spiro atoms. The summed E-state index contributed by atoms with van der Waals surface area (Å²) in [6.07, 6.45) is 0.540. The average Bonchev–Trinajstić information content (AvgIpc) is 2.71. The van der Waals surface area contributed by atoms with E-state index >= 15 is 0 Å². The van der Waals surface area contributed by atoms with Crippen LogP contribution in [0.3, 0.4) is 0 Å². The van der Waals surface area contributed by atoms with Gasteiger partial charge in [-0.2, -0.15) is 0 Å². The number of methoxy groups -OCH3 is 1. The molecule has 0 aliphatic rings. The molecule has 0 aromatic heterocycles. The molecule has 2 aromatic rings. The molecule has 1 atom stereocenters. The van der Waals surface area contributed by atoms with Crippen molar-refractivity contribution in [3.63, 3.8) is 0 Å². The first kappa shape index (κ1) is 22.9. The van der Waals surface area contributed by atoms with Crippen molar-refractivity contribution in [1.82, 2.24) is 0 Å². The molecule has 0 radical (unpaired) electrons. The van der Waals surface area contributed by atoms with Gasteiger partial charge in [0.25, 0.3) is 11.6 Å². The van der Waals surface area contributed by atoms with Crippen molar-refractivity contribution in [3.8, 4) is 11.5 Å². The second kappa shape index (κ2) is 9.44. The quantitative estimate of drug-likeness (QED) is 0.472. The zero-order valence-electron chi connectivity index (χ0n) is 17.0. The number of non-ortho nitro benzene ring substituents is 1. The molecule has 2 aromatic carbocycles. The number of sulfonamides is 1. The van der Waals surface area contributed by atoms with Gasteiger partial charge in [-0.3, -0.25) is 19.2 Å². The van der Waals surface area contributed by atoms with Crippen LogP contribution in [0.4, 0.5) is 17.1 Å². The van der Waals surface area contributed by atoms with Crippen molar-refractivity contribution >= 4 is 33.0 Å². The molecule has 30 heavy (non-hydrogen) atoms. The summed E-state index contributed by atoms with van der Waals surface area (Å²) in [5, 5.41) is 13.6. The van der Waals surface area contributed by atoms with E-state index in [1.165, 1.54) is 32.4 Å². The molecule has 0 aliphatic carbocycles. The number of amides is 1. The van der Waals surface area contributed by atoms with Crippen LogP contribution in [-0.2, 0) is 14.8 Å². The van der Waals surface area contributed by atoms with Gasteiger partial charge in [0.2, 0.25) is 10.0 Å². The average molecular weight is 437 g/mol. The van der Waals surface area contributed by atoms with Crippen molar-refractivity contribution in [3.05, 3.63) is 52.6 Å². The first-order valence-corrected chi connectivity index (χ1v) is 10.8. The van der Waals surface area contributed by atoms with E-state index < -0.39 is 27.0 Å². The SMILES string of the molecule is CC[C@H](Oc1ccc(N(C)S(C)(=O)=O)cc1)C(=O)Nc1cc([N+](=O)[O-])ccc1OC.